The number of halogens is 2. The average Bonchev–Trinajstić information content (AvgIpc) is 2.76. The molecular formula is C13H15BrFNO2. The van der Waals surface area contributed by atoms with E-state index in [0.29, 0.717) is 4.47 Å². The molecule has 98 valence electrons. The van der Waals surface area contributed by atoms with E-state index in [4.69, 9.17) is 4.74 Å². The quantitative estimate of drug-likeness (QED) is 0.931. The first-order valence-electron chi connectivity index (χ1n) is 5.89. The predicted octanol–water partition coefficient (Wildman–Crippen LogP) is 2.89. The first-order valence-corrected chi connectivity index (χ1v) is 6.68. The monoisotopic (exact) mass is 315 g/mol. The van der Waals surface area contributed by atoms with Crippen molar-refractivity contribution in [3.63, 3.8) is 0 Å². The first kappa shape index (κ1) is 13.5. The molecule has 1 amide bonds. The number of benzene rings is 1. The van der Waals surface area contributed by atoms with Crippen LogP contribution in [0.5, 0.6) is 0 Å². The molecule has 1 fully saturated rings. The van der Waals surface area contributed by atoms with Crippen molar-refractivity contribution in [2.24, 2.45) is 0 Å². The van der Waals surface area contributed by atoms with E-state index in [-0.39, 0.29) is 23.6 Å². The van der Waals surface area contributed by atoms with Gasteiger partial charge in [-0.25, -0.2) is 4.39 Å². The molecule has 0 aliphatic heterocycles. The summed E-state index contributed by atoms with van der Waals surface area (Å²) >= 11 is 3.20. The number of hydrogen-bond donors (Lipinski definition) is 1. The minimum atomic E-state index is -0.511. The second-order valence-corrected chi connectivity index (χ2v) is 5.29. The van der Waals surface area contributed by atoms with Gasteiger partial charge in [-0.2, -0.15) is 0 Å². The molecule has 1 aromatic rings. The minimum absolute atomic E-state index is 0.0638. The summed E-state index contributed by atoms with van der Waals surface area (Å²) in [6, 6.07) is 4.57. The highest BCUT2D eigenvalue weighted by molar-refractivity contribution is 9.10. The molecule has 0 heterocycles. The van der Waals surface area contributed by atoms with E-state index in [2.05, 4.69) is 21.2 Å². The van der Waals surface area contributed by atoms with Crippen LogP contribution in [-0.4, -0.2) is 25.2 Å². The fourth-order valence-corrected chi connectivity index (χ4v) is 2.78. The van der Waals surface area contributed by atoms with Crippen LogP contribution in [-0.2, 0) is 4.74 Å². The maximum absolute atomic E-state index is 13.6. The molecule has 18 heavy (non-hydrogen) atoms. The zero-order valence-corrected chi connectivity index (χ0v) is 11.7. The summed E-state index contributed by atoms with van der Waals surface area (Å²) in [5, 5.41) is 2.85. The van der Waals surface area contributed by atoms with E-state index in [1.807, 2.05) is 0 Å². The Morgan fingerprint density at radius 1 is 1.50 bits per heavy atom. The van der Waals surface area contributed by atoms with Crippen molar-refractivity contribution in [1.82, 2.24) is 5.32 Å². The van der Waals surface area contributed by atoms with Gasteiger partial charge >= 0.3 is 0 Å². The lowest BCUT2D eigenvalue weighted by Crippen LogP contribution is -2.34. The van der Waals surface area contributed by atoms with E-state index < -0.39 is 5.82 Å². The largest absolute Gasteiger partial charge is 0.381 e. The third-order valence-electron chi connectivity index (χ3n) is 3.24. The Balaban J connectivity index is 2.04. The van der Waals surface area contributed by atoms with Crippen LogP contribution in [0.15, 0.2) is 22.7 Å². The van der Waals surface area contributed by atoms with Crippen molar-refractivity contribution in [2.75, 3.05) is 7.11 Å². The Morgan fingerprint density at radius 3 is 2.89 bits per heavy atom. The van der Waals surface area contributed by atoms with Crippen molar-refractivity contribution in [1.29, 1.82) is 0 Å². The molecule has 0 radical (unpaired) electrons. The number of ether oxygens (including phenoxy) is 1. The van der Waals surface area contributed by atoms with Crippen molar-refractivity contribution in [3.05, 3.63) is 34.1 Å². The molecule has 0 bridgehead atoms. The molecule has 1 aromatic carbocycles. The van der Waals surface area contributed by atoms with Gasteiger partial charge in [-0.05, 0) is 47.3 Å². The third kappa shape index (κ3) is 2.90. The van der Waals surface area contributed by atoms with Gasteiger partial charge in [-0.1, -0.05) is 6.07 Å². The number of methoxy groups -OCH3 is 1. The van der Waals surface area contributed by atoms with Crippen LogP contribution in [0, 0.1) is 5.82 Å². The van der Waals surface area contributed by atoms with Gasteiger partial charge < -0.3 is 10.1 Å². The lowest BCUT2D eigenvalue weighted by Gasteiger charge is -2.14. The molecule has 5 heteroatoms. The molecule has 1 N–H and O–H groups in total. The van der Waals surface area contributed by atoms with Gasteiger partial charge in [0.2, 0.25) is 0 Å². The fourth-order valence-electron chi connectivity index (χ4n) is 2.26. The molecule has 0 spiro atoms. The summed E-state index contributed by atoms with van der Waals surface area (Å²) in [6.07, 6.45) is 2.78. The zero-order chi connectivity index (χ0) is 13.1. The Labute approximate surface area is 114 Å². The number of nitrogens with one attached hydrogen (secondary N) is 1. The van der Waals surface area contributed by atoms with Crippen LogP contribution in [0.4, 0.5) is 4.39 Å². The van der Waals surface area contributed by atoms with Crippen LogP contribution in [0.2, 0.25) is 0 Å². The smallest absolute Gasteiger partial charge is 0.255 e. The third-order valence-corrected chi connectivity index (χ3v) is 3.90. The summed E-state index contributed by atoms with van der Waals surface area (Å²) in [6.45, 7) is 0. The van der Waals surface area contributed by atoms with Gasteiger partial charge in [0.05, 0.1) is 11.7 Å². The van der Waals surface area contributed by atoms with Crippen LogP contribution >= 0.6 is 15.9 Å². The summed E-state index contributed by atoms with van der Waals surface area (Å²) in [7, 11) is 1.67. The van der Waals surface area contributed by atoms with E-state index in [1.165, 1.54) is 6.07 Å². The number of hydrogen-bond acceptors (Lipinski definition) is 2. The van der Waals surface area contributed by atoms with Gasteiger partial charge in [-0.3, -0.25) is 4.79 Å². The number of amides is 1. The fraction of sp³-hybridized carbons (Fsp3) is 0.462. The Kier molecular flexibility index (Phi) is 4.35. The van der Waals surface area contributed by atoms with Crippen LogP contribution < -0.4 is 5.32 Å². The highest BCUT2D eigenvalue weighted by Gasteiger charge is 2.27. The number of carbonyl (C=O) groups excluding carboxylic acids is 1. The van der Waals surface area contributed by atoms with E-state index in [9.17, 15) is 9.18 Å². The Bertz CT molecular complexity index is 432. The number of rotatable bonds is 3. The van der Waals surface area contributed by atoms with Crippen LogP contribution in [0.3, 0.4) is 0 Å². The van der Waals surface area contributed by atoms with Crippen LogP contribution in [0.25, 0.3) is 0 Å². The average molecular weight is 316 g/mol. The predicted molar refractivity (Wildman–Crippen MR) is 70.0 cm³/mol. The minimum Gasteiger partial charge on any atom is -0.381 e. The molecular weight excluding hydrogens is 301 g/mol. The molecule has 3 nitrogen and oxygen atoms in total. The Hall–Kier alpha value is -0.940. The van der Waals surface area contributed by atoms with Gasteiger partial charge in [0.25, 0.3) is 5.91 Å². The second-order valence-electron chi connectivity index (χ2n) is 4.44. The standard InChI is InChI=1S/C13H15BrFNO2/c1-18-9-6-5-8(7-9)16-13(17)12-10(14)3-2-4-11(12)15/h2-4,8-9H,5-7H2,1H3,(H,16,17). The number of carbonyl (C=O) groups is 1. The van der Waals surface area contributed by atoms with E-state index in [0.717, 1.165) is 19.3 Å². The van der Waals surface area contributed by atoms with Gasteiger partial charge in [0, 0.05) is 17.6 Å². The zero-order valence-electron chi connectivity index (χ0n) is 10.1. The molecule has 2 unspecified atom stereocenters. The SMILES string of the molecule is COC1CCC(NC(=O)c2c(F)cccc2Br)C1. The Morgan fingerprint density at radius 2 is 2.28 bits per heavy atom. The maximum atomic E-state index is 13.6. The van der Waals surface area contributed by atoms with Crippen molar-refractivity contribution in [3.8, 4) is 0 Å². The van der Waals surface area contributed by atoms with Crippen LogP contribution in [0.1, 0.15) is 29.6 Å². The van der Waals surface area contributed by atoms with Crippen molar-refractivity contribution < 1.29 is 13.9 Å². The summed E-state index contributed by atoms with van der Waals surface area (Å²) in [4.78, 5) is 12.0. The highest BCUT2D eigenvalue weighted by atomic mass is 79.9. The van der Waals surface area contributed by atoms with Crippen molar-refractivity contribution in [2.45, 2.75) is 31.4 Å². The second kappa shape index (κ2) is 5.80. The molecule has 1 aliphatic carbocycles. The molecule has 0 aromatic heterocycles. The topological polar surface area (TPSA) is 38.3 Å². The highest BCUT2D eigenvalue weighted by Crippen LogP contribution is 2.24. The molecule has 2 rings (SSSR count). The molecule has 1 saturated carbocycles. The van der Waals surface area contributed by atoms with E-state index in [1.54, 1.807) is 19.2 Å². The van der Waals surface area contributed by atoms with E-state index >= 15 is 0 Å². The normalized spacial score (nSPS) is 23.1. The summed E-state index contributed by atoms with van der Waals surface area (Å²) in [5.74, 6) is -0.884. The molecule has 0 saturated heterocycles. The van der Waals surface area contributed by atoms with Gasteiger partial charge in [0.15, 0.2) is 0 Å². The maximum Gasteiger partial charge on any atom is 0.255 e. The summed E-state index contributed by atoms with van der Waals surface area (Å²) in [5.41, 5.74) is 0.0679. The lowest BCUT2D eigenvalue weighted by atomic mass is 10.1. The lowest BCUT2D eigenvalue weighted by molar-refractivity contribution is 0.0910. The molecule has 1 aliphatic rings. The summed E-state index contributed by atoms with van der Waals surface area (Å²) < 4.78 is 19.3. The van der Waals surface area contributed by atoms with Crippen molar-refractivity contribution >= 4 is 21.8 Å². The van der Waals surface area contributed by atoms with Gasteiger partial charge in [0.1, 0.15) is 5.82 Å². The first-order chi connectivity index (χ1) is 8.61. The van der Waals surface area contributed by atoms with Gasteiger partial charge in [-0.15, -0.1) is 0 Å². The molecule has 2 atom stereocenters.